The predicted octanol–water partition coefficient (Wildman–Crippen LogP) is 3.06. The summed E-state index contributed by atoms with van der Waals surface area (Å²) < 4.78 is 0. The Labute approximate surface area is 126 Å². The van der Waals surface area contributed by atoms with Gasteiger partial charge < -0.3 is 10.1 Å². The maximum absolute atomic E-state index is 12.6. The second-order valence-corrected chi connectivity index (χ2v) is 5.47. The number of hydroxylamine groups is 1. The summed E-state index contributed by atoms with van der Waals surface area (Å²) in [6.07, 6.45) is 5.58. The number of carbonyl (C=O) groups is 1. The maximum Gasteiger partial charge on any atom is 0.249 e. The SMILES string of the molecule is CC(c1ccccc1)N1CCC=C(CCCCNO)C1=O. The lowest BCUT2D eigenvalue weighted by Crippen LogP contribution is -2.37. The summed E-state index contributed by atoms with van der Waals surface area (Å²) in [7, 11) is 0. The van der Waals surface area contributed by atoms with Gasteiger partial charge in [-0.3, -0.25) is 4.79 Å². The normalized spacial score (nSPS) is 16.8. The largest absolute Gasteiger partial charge is 0.332 e. The fourth-order valence-corrected chi connectivity index (χ4v) is 2.76. The smallest absolute Gasteiger partial charge is 0.249 e. The molecule has 114 valence electrons. The van der Waals surface area contributed by atoms with E-state index in [0.717, 1.165) is 37.8 Å². The molecule has 0 aromatic heterocycles. The van der Waals surface area contributed by atoms with E-state index < -0.39 is 0 Å². The van der Waals surface area contributed by atoms with Crippen LogP contribution in [0.15, 0.2) is 42.0 Å². The van der Waals surface area contributed by atoms with Gasteiger partial charge in [-0.1, -0.05) is 36.4 Å². The number of carbonyl (C=O) groups excluding carboxylic acids is 1. The van der Waals surface area contributed by atoms with E-state index in [1.807, 2.05) is 23.1 Å². The zero-order valence-electron chi connectivity index (χ0n) is 12.6. The lowest BCUT2D eigenvalue weighted by Gasteiger charge is -2.33. The summed E-state index contributed by atoms with van der Waals surface area (Å²) in [5.74, 6) is 0.162. The molecule has 0 fully saturated rings. The van der Waals surface area contributed by atoms with Gasteiger partial charge in [0.2, 0.25) is 5.91 Å². The van der Waals surface area contributed by atoms with Crippen molar-refractivity contribution in [3.63, 3.8) is 0 Å². The molecule has 21 heavy (non-hydrogen) atoms. The van der Waals surface area contributed by atoms with Crippen molar-refractivity contribution in [2.75, 3.05) is 13.1 Å². The Morgan fingerprint density at radius 3 is 2.76 bits per heavy atom. The molecule has 1 aliphatic rings. The zero-order chi connectivity index (χ0) is 15.1. The lowest BCUT2D eigenvalue weighted by molar-refractivity contribution is -0.130. The average Bonchev–Trinajstić information content (AvgIpc) is 2.53. The zero-order valence-corrected chi connectivity index (χ0v) is 12.6. The van der Waals surface area contributed by atoms with Crippen LogP contribution in [0.5, 0.6) is 0 Å². The molecular weight excluding hydrogens is 264 g/mol. The molecule has 1 aromatic carbocycles. The van der Waals surface area contributed by atoms with Gasteiger partial charge in [0.05, 0.1) is 6.04 Å². The molecule has 0 spiro atoms. The van der Waals surface area contributed by atoms with Gasteiger partial charge in [0.25, 0.3) is 0 Å². The van der Waals surface area contributed by atoms with Crippen LogP contribution in [0.2, 0.25) is 0 Å². The first-order valence-electron chi connectivity index (χ1n) is 7.66. The Balaban J connectivity index is 1.97. The van der Waals surface area contributed by atoms with Gasteiger partial charge in [-0.05, 0) is 38.2 Å². The van der Waals surface area contributed by atoms with E-state index >= 15 is 0 Å². The van der Waals surface area contributed by atoms with E-state index in [9.17, 15) is 4.79 Å². The first kappa shape index (κ1) is 15.7. The van der Waals surface area contributed by atoms with Crippen LogP contribution >= 0.6 is 0 Å². The van der Waals surface area contributed by atoms with Crippen molar-refractivity contribution < 1.29 is 10.0 Å². The number of amides is 1. The lowest BCUT2D eigenvalue weighted by atomic mass is 9.99. The van der Waals surface area contributed by atoms with Crippen LogP contribution in [0.4, 0.5) is 0 Å². The van der Waals surface area contributed by atoms with E-state index in [4.69, 9.17) is 5.21 Å². The third-order valence-electron chi connectivity index (χ3n) is 4.03. The molecule has 1 heterocycles. The van der Waals surface area contributed by atoms with Crippen molar-refractivity contribution in [2.24, 2.45) is 0 Å². The van der Waals surface area contributed by atoms with Gasteiger partial charge in [-0.25, -0.2) is 5.48 Å². The molecule has 0 bridgehead atoms. The molecule has 1 atom stereocenters. The number of benzene rings is 1. The number of nitrogens with zero attached hydrogens (tertiary/aromatic N) is 1. The molecule has 2 N–H and O–H groups in total. The summed E-state index contributed by atoms with van der Waals surface area (Å²) in [6, 6.07) is 10.3. The van der Waals surface area contributed by atoms with E-state index in [1.165, 1.54) is 5.56 Å². The predicted molar refractivity (Wildman–Crippen MR) is 82.9 cm³/mol. The van der Waals surface area contributed by atoms with Crippen LogP contribution in [-0.2, 0) is 4.79 Å². The molecule has 0 saturated heterocycles. The number of rotatable bonds is 7. The fraction of sp³-hybridized carbons (Fsp3) is 0.471. The fourth-order valence-electron chi connectivity index (χ4n) is 2.76. The summed E-state index contributed by atoms with van der Waals surface area (Å²) in [5.41, 5.74) is 4.25. The molecule has 0 aliphatic carbocycles. The molecule has 1 aliphatic heterocycles. The van der Waals surface area contributed by atoms with Crippen LogP contribution in [0.3, 0.4) is 0 Å². The summed E-state index contributed by atoms with van der Waals surface area (Å²) in [5, 5.41) is 8.56. The van der Waals surface area contributed by atoms with Gasteiger partial charge in [0.1, 0.15) is 0 Å². The second kappa shape index (κ2) is 7.96. The topological polar surface area (TPSA) is 52.6 Å². The monoisotopic (exact) mass is 288 g/mol. The maximum atomic E-state index is 12.6. The minimum absolute atomic E-state index is 0.113. The van der Waals surface area contributed by atoms with Gasteiger partial charge >= 0.3 is 0 Å². The first-order chi connectivity index (χ1) is 10.2. The molecule has 1 amide bonds. The third kappa shape index (κ3) is 4.16. The Bertz CT molecular complexity index is 485. The Morgan fingerprint density at radius 1 is 1.29 bits per heavy atom. The highest BCUT2D eigenvalue weighted by molar-refractivity contribution is 5.94. The molecular formula is C17H24N2O2. The van der Waals surface area contributed by atoms with Crippen molar-refractivity contribution >= 4 is 5.91 Å². The Kier molecular flexibility index (Phi) is 5.96. The summed E-state index contributed by atoms with van der Waals surface area (Å²) >= 11 is 0. The first-order valence-corrected chi connectivity index (χ1v) is 7.66. The quantitative estimate of drug-likeness (QED) is 0.599. The average molecular weight is 288 g/mol. The number of nitrogens with one attached hydrogen (secondary N) is 1. The highest BCUT2D eigenvalue weighted by atomic mass is 16.5. The second-order valence-electron chi connectivity index (χ2n) is 5.47. The molecule has 0 radical (unpaired) electrons. The van der Waals surface area contributed by atoms with Gasteiger partial charge in [-0.2, -0.15) is 0 Å². The van der Waals surface area contributed by atoms with Crippen molar-refractivity contribution in [3.05, 3.63) is 47.5 Å². The Morgan fingerprint density at radius 2 is 2.05 bits per heavy atom. The minimum atomic E-state index is 0.113. The van der Waals surface area contributed by atoms with Crippen LogP contribution < -0.4 is 5.48 Å². The van der Waals surface area contributed by atoms with Gasteiger partial charge in [0, 0.05) is 18.7 Å². The summed E-state index contributed by atoms with van der Waals surface area (Å²) in [6.45, 7) is 3.45. The third-order valence-corrected chi connectivity index (χ3v) is 4.03. The Hall–Kier alpha value is -1.65. The summed E-state index contributed by atoms with van der Waals surface area (Å²) in [4.78, 5) is 14.6. The van der Waals surface area contributed by atoms with Crippen LogP contribution in [0, 0.1) is 0 Å². The van der Waals surface area contributed by atoms with Crippen molar-refractivity contribution in [1.29, 1.82) is 0 Å². The molecule has 0 saturated carbocycles. The van der Waals surface area contributed by atoms with E-state index in [0.29, 0.717) is 6.54 Å². The van der Waals surface area contributed by atoms with E-state index in [1.54, 1.807) is 0 Å². The molecule has 4 heteroatoms. The van der Waals surface area contributed by atoms with Crippen molar-refractivity contribution in [3.8, 4) is 0 Å². The van der Waals surface area contributed by atoms with Gasteiger partial charge in [-0.15, -0.1) is 0 Å². The molecule has 1 unspecified atom stereocenters. The molecule has 2 rings (SSSR count). The standard InChI is InChI=1S/C17H24N2O2/c1-14(15-8-3-2-4-9-15)19-13-7-11-16(17(19)20)10-5-6-12-18-21/h2-4,8-9,11,14,18,21H,5-7,10,12-13H2,1H3. The minimum Gasteiger partial charge on any atom is -0.332 e. The number of hydrogen-bond acceptors (Lipinski definition) is 3. The van der Waals surface area contributed by atoms with Crippen molar-refractivity contribution in [2.45, 2.75) is 38.6 Å². The highest BCUT2D eigenvalue weighted by Gasteiger charge is 2.26. The molecule has 4 nitrogen and oxygen atoms in total. The van der Waals surface area contributed by atoms with Crippen LogP contribution in [-0.4, -0.2) is 29.1 Å². The van der Waals surface area contributed by atoms with Crippen LogP contribution in [0.25, 0.3) is 0 Å². The number of hydrogen-bond donors (Lipinski definition) is 2. The van der Waals surface area contributed by atoms with Crippen molar-refractivity contribution in [1.82, 2.24) is 10.4 Å². The van der Waals surface area contributed by atoms with E-state index in [2.05, 4.69) is 30.6 Å². The van der Waals surface area contributed by atoms with E-state index in [-0.39, 0.29) is 11.9 Å². The van der Waals surface area contributed by atoms with Gasteiger partial charge in [0.15, 0.2) is 0 Å². The van der Waals surface area contributed by atoms with Crippen LogP contribution in [0.1, 0.15) is 44.2 Å². The highest BCUT2D eigenvalue weighted by Crippen LogP contribution is 2.26. The number of unbranched alkanes of at least 4 members (excludes halogenated alkanes) is 1. The molecule has 1 aromatic rings.